The largest absolute Gasteiger partial charge is 0.378 e. The van der Waals surface area contributed by atoms with Crippen LogP contribution in [0.4, 0.5) is 0 Å². The number of fused-ring (bicyclic) bond motifs is 1. The highest BCUT2D eigenvalue weighted by molar-refractivity contribution is 5.88. The molecular weight excluding hydrogens is 268 g/mol. The van der Waals surface area contributed by atoms with Crippen molar-refractivity contribution in [1.82, 2.24) is 4.90 Å². The molecule has 1 heterocycles. The van der Waals surface area contributed by atoms with E-state index in [1.807, 2.05) is 18.2 Å². The molecule has 1 saturated heterocycles. The minimum Gasteiger partial charge on any atom is -0.378 e. The maximum atomic E-state index is 12.7. The molecule has 3 rings (SSSR count). The van der Waals surface area contributed by atoms with Crippen LogP contribution in [0.5, 0.6) is 0 Å². The first-order chi connectivity index (χ1) is 10.0. The van der Waals surface area contributed by atoms with Crippen molar-refractivity contribution in [3.05, 3.63) is 35.4 Å². The molecule has 1 aliphatic carbocycles. The Bertz CT molecular complexity index is 587. The molecule has 1 aromatic carbocycles. The summed E-state index contributed by atoms with van der Waals surface area (Å²) in [7, 11) is 0. The molecule has 1 aliphatic heterocycles. The molecule has 2 atom stereocenters. The van der Waals surface area contributed by atoms with Crippen molar-refractivity contribution in [2.45, 2.75) is 37.2 Å². The van der Waals surface area contributed by atoms with Crippen LogP contribution in [0.3, 0.4) is 0 Å². The number of aryl methyl sites for hydroxylation is 1. The van der Waals surface area contributed by atoms with Gasteiger partial charge in [0.15, 0.2) is 5.60 Å². The first-order valence-corrected chi connectivity index (χ1v) is 7.40. The molecular formula is C16H20N2O3. The molecule has 5 heteroatoms. The lowest BCUT2D eigenvalue weighted by molar-refractivity contribution is -0.138. The normalized spacial score (nSPS) is 28.2. The summed E-state index contributed by atoms with van der Waals surface area (Å²) in [6.45, 7) is 0.400. The number of carbonyl (C=O) groups is 2. The van der Waals surface area contributed by atoms with Crippen LogP contribution in [-0.2, 0) is 16.0 Å². The lowest BCUT2D eigenvalue weighted by Crippen LogP contribution is -2.47. The van der Waals surface area contributed by atoms with Crippen molar-refractivity contribution >= 4 is 11.8 Å². The van der Waals surface area contributed by atoms with E-state index in [1.165, 1.54) is 5.56 Å². The molecule has 0 spiro atoms. The van der Waals surface area contributed by atoms with E-state index < -0.39 is 11.5 Å². The van der Waals surface area contributed by atoms with E-state index in [1.54, 1.807) is 4.90 Å². The zero-order chi connectivity index (χ0) is 15.0. The minimum absolute atomic E-state index is 0.000625. The van der Waals surface area contributed by atoms with Crippen LogP contribution in [0.25, 0.3) is 0 Å². The molecule has 3 N–H and O–H groups in total. The molecule has 0 saturated carbocycles. The fourth-order valence-corrected chi connectivity index (χ4v) is 3.41. The van der Waals surface area contributed by atoms with Crippen LogP contribution in [0.15, 0.2) is 24.3 Å². The average Bonchev–Trinajstić information content (AvgIpc) is 2.90. The average molecular weight is 288 g/mol. The zero-order valence-corrected chi connectivity index (χ0v) is 11.9. The number of hydrogen-bond donors (Lipinski definition) is 2. The van der Waals surface area contributed by atoms with Gasteiger partial charge in [0.25, 0.3) is 5.91 Å². The molecule has 0 radical (unpaired) electrons. The second kappa shape index (κ2) is 5.15. The third-order valence-corrected chi connectivity index (χ3v) is 4.69. The van der Waals surface area contributed by atoms with Gasteiger partial charge in [0.2, 0.25) is 5.91 Å². The lowest BCUT2D eigenvalue weighted by atomic mass is 9.82. The molecule has 112 valence electrons. The second-order valence-corrected chi connectivity index (χ2v) is 6.05. The molecule has 21 heavy (non-hydrogen) atoms. The van der Waals surface area contributed by atoms with Gasteiger partial charge in [0, 0.05) is 13.0 Å². The van der Waals surface area contributed by atoms with E-state index in [-0.39, 0.29) is 24.8 Å². The van der Waals surface area contributed by atoms with Gasteiger partial charge in [-0.2, -0.15) is 0 Å². The Labute approximate surface area is 123 Å². The monoisotopic (exact) mass is 288 g/mol. The van der Waals surface area contributed by atoms with Crippen LogP contribution < -0.4 is 5.73 Å². The van der Waals surface area contributed by atoms with Crippen LogP contribution in [-0.4, -0.2) is 40.5 Å². The van der Waals surface area contributed by atoms with Crippen molar-refractivity contribution in [3.8, 4) is 0 Å². The Morgan fingerprint density at radius 2 is 2.10 bits per heavy atom. The highest BCUT2D eigenvalue weighted by atomic mass is 16.3. The number of rotatable bonds is 2. The summed E-state index contributed by atoms with van der Waals surface area (Å²) < 4.78 is 0. The standard InChI is InChI=1S/C16H20N2O3/c17-15(20)16(21)8-9-18(10-16)14(19)13-7-3-5-11-4-1-2-6-12(11)13/h1-2,4,6,13,21H,3,5,7-10H2,(H2,17,20)/t13-,16+/m1/s1. The van der Waals surface area contributed by atoms with Crippen LogP contribution >= 0.6 is 0 Å². The summed E-state index contributed by atoms with van der Waals surface area (Å²) in [4.78, 5) is 25.6. The number of likely N-dealkylation sites (tertiary alicyclic amines) is 1. The van der Waals surface area contributed by atoms with E-state index in [2.05, 4.69) is 6.07 Å². The Morgan fingerprint density at radius 3 is 2.81 bits per heavy atom. The summed E-state index contributed by atoms with van der Waals surface area (Å²) in [6, 6.07) is 8.02. The number of hydrogen-bond acceptors (Lipinski definition) is 3. The number of primary amides is 1. The third kappa shape index (κ3) is 2.42. The van der Waals surface area contributed by atoms with Crippen molar-refractivity contribution in [3.63, 3.8) is 0 Å². The van der Waals surface area contributed by atoms with E-state index in [0.29, 0.717) is 6.54 Å². The van der Waals surface area contributed by atoms with Crippen molar-refractivity contribution in [1.29, 1.82) is 0 Å². The van der Waals surface area contributed by atoms with Gasteiger partial charge in [-0.05, 0) is 30.4 Å². The number of benzene rings is 1. The number of nitrogens with two attached hydrogens (primary N) is 1. The first-order valence-electron chi connectivity index (χ1n) is 7.40. The van der Waals surface area contributed by atoms with E-state index in [0.717, 1.165) is 24.8 Å². The highest BCUT2D eigenvalue weighted by Crippen LogP contribution is 2.34. The number of nitrogens with zero attached hydrogens (tertiary/aromatic N) is 1. The predicted molar refractivity (Wildman–Crippen MR) is 77.5 cm³/mol. The van der Waals surface area contributed by atoms with E-state index in [9.17, 15) is 14.7 Å². The van der Waals surface area contributed by atoms with Crippen molar-refractivity contribution in [2.24, 2.45) is 5.73 Å². The molecule has 2 aliphatic rings. The summed E-state index contributed by atoms with van der Waals surface area (Å²) in [6.07, 6.45) is 3.04. The van der Waals surface area contributed by atoms with E-state index in [4.69, 9.17) is 5.73 Å². The van der Waals surface area contributed by atoms with Crippen molar-refractivity contribution in [2.75, 3.05) is 13.1 Å². The van der Waals surface area contributed by atoms with E-state index >= 15 is 0 Å². The molecule has 0 aromatic heterocycles. The van der Waals surface area contributed by atoms with Gasteiger partial charge in [-0.25, -0.2) is 0 Å². The van der Waals surface area contributed by atoms with Gasteiger partial charge in [-0.1, -0.05) is 24.3 Å². The predicted octanol–water partition coefficient (Wildman–Crippen LogP) is 0.555. The van der Waals surface area contributed by atoms with Gasteiger partial charge in [0.05, 0.1) is 12.5 Å². The van der Waals surface area contributed by atoms with Crippen LogP contribution in [0.2, 0.25) is 0 Å². The van der Waals surface area contributed by atoms with Gasteiger partial charge in [0.1, 0.15) is 0 Å². The Kier molecular flexibility index (Phi) is 3.45. The molecule has 1 aromatic rings. The number of amides is 2. The molecule has 0 unspecified atom stereocenters. The summed E-state index contributed by atoms with van der Waals surface area (Å²) in [5.41, 5.74) is 5.97. The SMILES string of the molecule is NC(=O)[C@]1(O)CCN(C(=O)[C@@H]2CCCc3ccccc32)C1. The first kappa shape index (κ1) is 14.1. The molecule has 2 amide bonds. The summed E-state index contributed by atoms with van der Waals surface area (Å²) >= 11 is 0. The molecule has 5 nitrogen and oxygen atoms in total. The van der Waals surface area contributed by atoms with Crippen LogP contribution in [0, 0.1) is 0 Å². The van der Waals surface area contributed by atoms with Gasteiger partial charge >= 0.3 is 0 Å². The second-order valence-electron chi connectivity index (χ2n) is 6.05. The third-order valence-electron chi connectivity index (χ3n) is 4.69. The highest BCUT2D eigenvalue weighted by Gasteiger charge is 2.44. The maximum absolute atomic E-state index is 12.7. The maximum Gasteiger partial charge on any atom is 0.251 e. The Hall–Kier alpha value is -1.88. The lowest BCUT2D eigenvalue weighted by Gasteiger charge is -2.29. The summed E-state index contributed by atoms with van der Waals surface area (Å²) in [5.74, 6) is -0.911. The fraction of sp³-hybridized carbons (Fsp3) is 0.500. The summed E-state index contributed by atoms with van der Waals surface area (Å²) in [5, 5.41) is 10.1. The quantitative estimate of drug-likeness (QED) is 0.834. The Morgan fingerprint density at radius 1 is 1.33 bits per heavy atom. The van der Waals surface area contributed by atoms with Gasteiger partial charge < -0.3 is 15.7 Å². The Balaban J connectivity index is 1.80. The fourth-order valence-electron chi connectivity index (χ4n) is 3.41. The molecule has 0 bridgehead atoms. The zero-order valence-electron chi connectivity index (χ0n) is 11.9. The van der Waals surface area contributed by atoms with Gasteiger partial charge in [-0.3, -0.25) is 9.59 Å². The topological polar surface area (TPSA) is 83.6 Å². The number of carbonyl (C=O) groups excluding carboxylic acids is 2. The minimum atomic E-state index is -1.57. The molecule has 1 fully saturated rings. The van der Waals surface area contributed by atoms with Gasteiger partial charge in [-0.15, -0.1) is 0 Å². The van der Waals surface area contributed by atoms with Crippen molar-refractivity contribution < 1.29 is 14.7 Å². The number of aliphatic hydroxyl groups is 1. The van der Waals surface area contributed by atoms with Crippen LogP contribution in [0.1, 0.15) is 36.3 Å². The smallest absolute Gasteiger partial charge is 0.251 e. The number of β-amino-alcohol motifs (C(OH)–C–C–N with tert-alkyl or cyclic N) is 1.